The van der Waals surface area contributed by atoms with E-state index in [-0.39, 0.29) is 36.5 Å². The highest BCUT2D eigenvalue weighted by Gasteiger charge is 2.21. The topological polar surface area (TPSA) is 364 Å². The molecule has 458 valence electrons. The zero-order valence-corrected chi connectivity index (χ0v) is 49.2. The summed E-state index contributed by atoms with van der Waals surface area (Å²) in [5.41, 5.74) is 12.3. The summed E-state index contributed by atoms with van der Waals surface area (Å²) >= 11 is 0. The summed E-state index contributed by atoms with van der Waals surface area (Å²) in [5.74, 6) is 2.10. The second-order valence-corrected chi connectivity index (χ2v) is 19.9. The van der Waals surface area contributed by atoms with Gasteiger partial charge in [0.05, 0.1) is 33.6 Å². The van der Waals surface area contributed by atoms with Gasteiger partial charge < -0.3 is 49.7 Å². The number of hydrogen-bond acceptors (Lipinski definition) is 17. The Labute approximate surface area is 515 Å². The number of aryl methyl sites for hydroxylation is 1. The Bertz CT molecular complexity index is 4750. The maximum Gasteiger partial charge on any atom is 0.321 e. The van der Waals surface area contributed by atoms with Crippen LogP contribution in [-0.4, -0.2) is 128 Å². The number of imidazole rings is 3. The van der Waals surface area contributed by atoms with Crippen LogP contribution in [0.2, 0.25) is 0 Å². The molecule has 0 spiro atoms. The Balaban J connectivity index is 0.000000133. The number of hydrogen-bond donors (Lipinski definition) is 9. The Morgan fingerprint density at radius 3 is 1.46 bits per heavy atom. The number of ether oxygens (including phenoxy) is 3. The molecular weight excluding hydrogens is 1170 g/mol. The molecule has 0 aliphatic carbocycles. The second kappa shape index (κ2) is 26.5. The van der Waals surface area contributed by atoms with Crippen molar-refractivity contribution in [2.24, 2.45) is 7.05 Å². The third kappa shape index (κ3) is 13.5. The van der Waals surface area contributed by atoms with E-state index in [1.807, 2.05) is 118 Å². The molecule has 3 aromatic carbocycles. The first-order valence-corrected chi connectivity index (χ1v) is 28.5. The first-order valence-electron chi connectivity index (χ1n) is 28.5. The molecule has 91 heavy (non-hydrogen) atoms. The van der Waals surface area contributed by atoms with Gasteiger partial charge in [-0.3, -0.25) is 25.7 Å². The van der Waals surface area contributed by atoms with Crippen molar-refractivity contribution in [1.29, 1.82) is 0 Å². The summed E-state index contributed by atoms with van der Waals surface area (Å²) in [7, 11) is 1.71. The van der Waals surface area contributed by atoms with E-state index in [0.29, 0.717) is 72.3 Å². The van der Waals surface area contributed by atoms with Gasteiger partial charge in [0, 0.05) is 124 Å². The monoisotopic (exact) mass is 1220 g/mol. The minimum absolute atomic E-state index is 0.0959. The average molecular weight is 1220 g/mol. The minimum Gasteiger partial charge on any atom is -0.459 e. The summed E-state index contributed by atoms with van der Waals surface area (Å²) in [6.07, 6.45) is 20.8. The molecule has 0 saturated carbocycles. The third-order valence-corrected chi connectivity index (χ3v) is 13.7. The van der Waals surface area contributed by atoms with E-state index in [0.717, 1.165) is 72.6 Å². The van der Waals surface area contributed by atoms with Gasteiger partial charge in [-0.1, -0.05) is 6.07 Å². The molecule has 0 radical (unpaired) electrons. The van der Waals surface area contributed by atoms with Crippen LogP contribution in [-0.2, 0) is 13.7 Å². The molecule has 0 saturated heterocycles. The van der Waals surface area contributed by atoms with Crippen LogP contribution in [0.4, 0.5) is 32.2 Å². The molecule has 30 heteroatoms. The van der Waals surface area contributed by atoms with Gasteiger partial charge in [0.2, 0.25) is 24.6 Å². The van der Waals surface area contributed by atoms with Crippen molar-refractivity contribution in [2.45, 2.75) is 27.4 Å². The van der Waals surface area contributed by atoms with Gasteiger partial charge in [-0.15, -0.1) is 0 Å². The SMILES string of the molecule is CCNC(=O)Nc1nc2c(-n3cccn3)cc(-c3ccn(C)c(=O)c3)cc2[nH]1.CCNC(=O)Nc1nc2c(-n3cccn3)cc(-c3cnc(OCc4cccnc4)nc3)cc2[nH]1.CCNC(=O)Nc1nc2c(-n3cccn3)cc(-c3cnc4c(c3)OCO4)cc2[nH]1. The summed E-state index contributed by atoms with van der Waals surface area (Å²) in [6.45, 7) is 7.57. The van der Waals surface area contributed by atoms with Crippen molar-refractivity contribution < 1.29 is 28.6 Å². The van der Waals surface area contributed by atoms with Gasteiger partial charge in [-0.25, -0.2) is 58.3 Å². The first kappa shape index (κ1) is 58.6. The number of rotatable bonds is 15. The molecule has 11 heterocycles. The van der Waals surface area contributed by atoms with Gasteiger partial charge in [0.15, 0.2) is 5.75 Å². The highest BCUT2D eigenvalue weighted by molar-refractivity contribution is 5.97. The van der Waals surface area contributed by atoms with Crippen LogP contribution in [0.3, 0.4) is 0 Å². The van der Waals surface area contributed by atoms with E-state index in [9.17, 15) is 19.2 Å². The molecule has 0 atom stereocenters. The quantitative estimate of drug-likeness (QED) is 0.0466. The number of fused-ring (bicyclic) bond motifs is 4. The van der Waals surface area contributed by atoms with Crippen LogP contribution in [0.1, 0.15) is 26.3 Å². The van der Waals surface area contributed by atoms with Crippen LogP contribution < -0.4 is 51.7 Å². The van der Waals surface area contributed by atoms with Crippen LogP contribution in [0.15, 0.2) is 164 Å². The number of benzene rings is 3. The van der Waals surface area contributed by atoms with E-state index in [1.165, 1.54) is 4.57 Å². The maximum absolute atomic E-state index is 12.0. The largest absolute Gasteiger partial charge is 0.459 e. The molecule has 1 aliphatic rings. The number of pyridine rings is 3. The summed E-state index contributed by atoms with van der Waals surface area (Å²) in [4.78, 5) is 87.7. The number of amides is 6. The summed E-state index contributed by atoms with van der Waals surface area (Å²) in [5, 5.41) is 29.1. The third-order valence-electron chi connectivity index (χ3n) is 13.7. The number of urea groups is 3. The van der Waals surface area contributed by atoms with Gasteiger partial charge in [0.25, 0.3) is 11.4 Å². The number of aromatic amines is 3. The predicted molar refractivity (Wildman–Crippen MR) is 337 cm³/mol. The van der Waals surface area contributed by atoms with Crippen molar-refractivity contribution in [1.82, 2.24) is 99.7 Å². The van der Waals surface area contributed by atoms with Crippen LogP contribution in [0, 0.1) is 0 Å². The number of nitrogens with one attached hydrogen (secondary N) is 9. The Morgan fingerprint density at radius 1 is 0.527 bits per heavy atom. The highest BCUT2D eigenvalue weighted by Crippen LogP contribution is 2.37. The van der Waals surface area contributed by atoms with Gasteiger partial charge in [0.1, 0.15) is 23.2 Å². The molecular formula is C61H57N23O7. The summed E-state index contributed by atoms with van der Waals surface area (Å²) in [6, 6.07) is 25.5. The van der Waals surface area contributed by atoms with Crippen LogP contribution >= 0.6 is 0 Å². The van der Waals surface area contributed by atoms with Crippen molar-refractivity contribution in [3.05, 3.63) is 175 Å². The zero-order chi connectivity index (χ0) is 62.8. The van der Waals surface area contributed by atoms with Crippen molar-refractivity contribution in [2.75, 3.05) is 42.4 Å². The van der Waals surface area contributed by atoms with Gasteiger partial charge in [-0.05, 0) is 116 Å². The average Bonchev–Trinajstić information content (AvgIpc) is 1.76. The standard InChI is InChI=1S/C23H21N9O2.C19H17N7O3.C19H19N7O2/c1-2-25-22(33)31-21-29-18-9-16(10-19(20(18)30-21)32-8-4-7-28-32)17-12-26-23(27-13-17)34-14-15-5-3-6-24-11-15;1-2-20-19(27)25-18-23-13-6-11(12-8-15-17(21-9-12)29-10-28-15)7-14(16(13)24-18)26-5-3-4-22-26;1-3-20-19(28)24-18-22-14-9-13(12-5-8-25(2)16(27)11-12)10-15(17(14)23-18)26-7-4-6-21-26/h3-13H,2,14H2,1H3,(H3,25,29,30,31,33);3-9H,2,10H2,1H3,(H3,20,23,24,25,27);4-11H,3H2,1-2H3,(H3,20,22,23,24,28). The fourth-order valence-corrected chi connectivity index (χ4v) is 9.52. The fraction of sp³-hybridized carbons (Fsp3) is 0.148. The smallest absolute Gasteiger partial charge is 0.321 e. The summed E-state index contributed by atoms with van der Waals surface area (Å²) < 4.78 is 23.0. The molecule has 14 rings (SSSR count). The lowest BCUT2D eigenvalue weighted by molar-refractivity contribution is 0.171. The number of aromatic nitrogens is 17. The van der Waals surface area contributed by atoms with Gasteiger partial charge >= 0.3 is 24.1 Å². The lowest BCUT2D eigenvalue weighted by atomic mass is 10.1. The van der Waals surface area contributed by atoms with E-state index in [2.05, 4.69) is 97.0 Å². The van der Waals surface area contributed by atoms with Crippen LogP contribution in [0.25, 0.3) is 83.5 Å². The van der Waals surface area contributed by atoms with E-state index in [4.69, 9.17) is 14.2 Å². The fourth-order valence-electron chi connectivity index (χ4n) is 9.52. The maximum atomic E-state index is 12.0. The Hall–Kier alpha value is -12.8. The lowest BCUT2D eigenvalue weighted by Gasteiger charge is -2.08. The van der Waals surface area contributed by atoms with Crippen molar-refractivity contribution >= 4 is 69.0 Å². The van der Waals surface area contributed by atoms with E-state index >= 15 is 0 Å². The lowest BCUT2D eigenvalue weighted by Crippen LogP contribution is -2.28. The number of nitrogens with zero attached hydrogens (tertiary/aromatic N) is 14. The predicted octanol–water partition coefficient (Wildman–Crippen LogP) is 8.26. The molecule has 0 unspecified atom stereocenters. The molecule has 13 aromatic rings. The van der Waals surface area contributed by atoms with Gasteiger partial charge in [-0.2, -0.15) is 15.3 Å². The van der Waals surface area contributed by atoms with E-state index < -0.39 is 0 Å². The zero-order valence-electron chi connectivity index (χ0n) is 49.2. The Morgan fingerprint density at radius 2 is 1.01 bits per heavy atom. The molecule has 0 bridgehead atoms. The van der Waals surface area contributed by atoms with E-state index in [1.54, 1.807) is 82.9 Å². The highest BCUT2D eigenvalue weighted by atomic mass is 16.7. The van der Waals surface area contributed by atoms with Crippen molar-refractivity contribution in [3.63, 3.8) is 0 Å². The molecule has 1 aliphatic heterocycles. The van der Waals surface area contributed by atoms with Crippen molar-refractivity contribution in [3.8, 4) is 68.1 Å². The number of carbonyl (C=O) groups excluding carboxylic acids is 3. The Kier molecular flexibility index (Phi) is 17.0. The molecule has 6 amide bonds. The van der Waals surface area contributed by atoms with Crippen LogP contribution in [0.5, 0.6) is 17.6 Å². The second-order valence-electron chi connectivity index (χ2n) is 19.9. The normalized spacial score (nSPS) is 11.3. The number of anilines is 3. The number of H-pyrrole nitrogens is 3. The molecule has 9 N–H and O–H groups in total. The molecule has 10 aromatic heterocycles. The first-order chi connectivity index (χ1) is 44.4. The minimum atomic E-state index is -0.339. The number of carbonyl (C=O) groups is 3. The molecule has 30 nitrogen and oxygen atoms in total. The molecule has 0 fully saturated rings.